The van der Waals surface area contributed by atoms with Gasteiger partial charge < -0.3 is 10.3 Å². The number of ketones is 1. The number of hydrogen-bond donors (Lipinski definition) is 2. The van der Waals surface area contributed by atoms with E-state index in [9.17, 15) is 14.4 Å². The number of hydrogen-bond acceptors (Lipinski definition) is 3. The highest BCUT2D eigenvalue weighted by Gasteiger charge is 2.28. The van der Waals surface area contributed by atoms with Gasteiger partial charge in [-0.05, 0) is 61.1 Å². The van der Waals surface area contributed by atoms with Gasteiger partial charge >= 0.3 is 0 Å². The average Bonchev–Trinajstić information content (AvgIpc) is 2.67. The van der Waals surface area contributed by atoms with Crippen molar-refractivity contribution in [1.82, 2.24) is 4.98 Å². The van der Waals surface area contributed by atoms with E-state index in [1.807, 2.05) is 62.4 Å². The van der Waals surface area contributed by atoms with Gasteiger partial charge in [-0.2, -0.15) is 0 Å². The van der Waals surface area contributed by atoms with E-state index < -0.39 is 11.5 Å². The molecule has 29 heavy (non-hydrogen) atoms. The van der Waals surface area contributed by atoms with E-state index in [1.54, 1.807) is 0 Å². The van der Waals surface area contributed by atoms with Gasteiger partial charge in [0.1, 0.15) is 5.56 Å². The van der Waals surface area contributed by atoms with Crippen LogP contribution in [0.25, 0.3) is 0 Å². The Balaban J connectivity index is 1.63. The lowest BCUT2D eigenvalue weighted by molar-refractivity contribution is 0.0963. The minimum Gasteiger partial charge on any atom is -0.325 e. The van der Waals surface area contributed by atoms with E-state index in [0.717, 1.165) is 16.7 Å². The molecule has 4 rings (SSSR count). The fourth-order valence-corrected chi connectivity index (χ4v) is 4.01. The summed E-state index contributed by atoms with van der Waals surface area (Å²) in [6.45, 7) is 3.88. The molecule has 1 aromatic heterocycles. The Hall–Kier alpha value is -3.47. The van der Waals surface area contributed by atoms with Crippen molar-refractivity contribution in [2.45, 2.75) is 32.6 Å². The molecule has 0 bridgehead atoms. The molecule has 146 valence electrons. The SMILES string of the molecule is Cc1cc(C)cc(NC(=O)c2cc3c([nH]c2=O)C[C@@H](c2ccccc2)CC3=O)c1. The number of benzene rings is 2. The van der Waals surface area contributed by atoms with Crippen molar-refractivity contribution in [2.75, 3.05) is 5.32 Å². The number of carbonyl (C=O) groups is 2. The van der Waals surface area contributed by atoms with Crippen LogP contribution < -0.4 is 10.9 Å². The molecule has 2 N–H and O–H groups in total. The molecule has 1 aliphatic carbocycles. The first-order valence-corrected chi connectivity index (χ1v) is 9.64. The molecule has 1 heterocycles. The van der Waals surface area contributed by atoms with Gasteiger partial charge in [-0.15, -0.1) is 0 Å². The summed E-state index contributed by atoms with van der Waals surface area (Å²) in [5.74, 6) is -0.546. The van der Waals surface area contributed by atoms with Gasteiger partial charge in [0.2, 0.25) is 0 Å². The number of fused-ring (bicyclic) bond motifs is 1. The smallest absolute Gasteiger partial charge is 0.261 e. The zero-order valence-electron chi connectivity index (χ0n) is 16.4. The van der Waals surface area contributed by atoms with Crippen LogP contribution in [0.2, 0.25) is 0 Å². The van der Waals surface area contributed by atoms with Crippen LogP contribution in [0.4, 0.5) is 5.69 Å². The Kier molecular flexibility index (Phi) is 4.89. The number of nitrogens with one attached hydrogen (secondary N) is 2. The van der Waals surface area contributed by atoms with Crippen LogP contribution in [-0.2, 0) is 6.42 Å². The lowest BCUT2D eigenvalue weighted by Gasteiger charge is -2.24. The predicted octanol–water partition coefficient (Wildman–Crippen LogP) is 4.16. The summed E-state index contributed by atoms with van der Waals surface area (Å²) in [7, 11) is 0. The molecule has 1 atom stereocenters. The van der Waals surface area contributed by atoms with E-state index in [2.05, 4.69) is 10.3 Å². The summed E-state index contributed by atoms with van der Waals surface area (Å²) in [5.41, 5.74) is 4.24. The van der Waals surface area contributed by atoms with E-state index in [0.29, 0.717) is 29.8 Å². The lowest BCUT2D eigenvalue weighted by Crippen LogP contribution is -2.29. The fraction of sp³-hybridized carbons (Fsp3) is 0.208. The second-order valence-electron chi connectivity index (χ2n) is 7.67. The highest BCUT2D eigenvalue weighted by Crippen LogP contribution is 2.31. The summed E-state index contributed by atoms with van der Waals surface area (Å²) in [4.78, 5) is 40.8. The van der Waals surface area contributed by atoms with Crippen molar-refractivity contribution in [1.29, 1.82) is 0 Å². The molecular weight excluding hydrogens is 364 g/mol. The molecule has 0 spiro atoms. The Morgan fingerprint density at radius 1 is 0.966 bits per heavy atom. The standard InChI is InChI=1S/C24H22N2O3/c1-14-8-15(2)10-18(9-14)25-23(28)20-13-19-21(26-24(20)29)11-17(12-22(19)27)16-6-4-3-5-7-16/h3-10,13,17H,11-12H2,1-2H3,(H,25,28)(H,26,29)/t17-/m1/s1. The fourth-order valence-electron chi connectivity index (χ4n) is 4.01. The third-order valence-electron chi connectivity index (χ3n) is 5.30. The minimum atomic E-state index is -0.517. The van der Waals surface area contributed by atoms with Crippen molar-refractivity contribution in [3.63, 3.8) is 0 Å². The number of amides is 1. The lowest BCUT2D eigenvalue weighted by atomic mass is 9.81. The molecule has 0 saturated heterocycles. The second-order valence-corrected chi connectivity index (χ2v) is 7.67. The van der Waals surface area contributed by atoms with Gasteiger partial charge in [0, 0.05) is 23.4 Å². The molecule has 1 aliphatic rings. The van der Waals surface area contributed by atoms with Crippen LogP contribution in [0.15, 0.2) is 59.4 Å². The second kappa shape index (κ2) is 7.51. The van der Waals surface area contributed by atoms with Crippen LogP contribution in [0, 0.1) is 13.8 Å². The molecule has 3 aromatic rings. The first-order chi connectivity index (χ1) is 13.9. The molecule has 1 amide bonds. The number of rotatable bonds is 3. The Bertz CT molecular complexity index is 1140. The average molecular weight is 386 g/mol. The van der Waals surface area contributed by atoms with E-state index in [4.69, 9.17) is 0 Å². The van der Waals surface area contributed by atoms with Crippen LogP contribution in [-0.4, -0.2) is 16.7 Å². The topological polar surface area (TPSA) is 79.0 Å². The zero-order valence-corrected chi connectivity index (χ0v) is 16.4. The predicted molar refractivity (Wildman–Crippen MR) is 113 cm³/mol. The first-order valence-electron chi connectivity index (χ1n) is 9.64. The maximum atomic E-state index is 12.7. The summed E-state index contributed by atoms with van der Waals surface area (Å²) in [5, 5.41) is 2.77. The summed E-state index contributed by atoms with van der Waals surface area (Å²) in [6.07, 6.45) is 0.931. The number of H-pyrrole nitrogens is 1. The van der Waals surface area contributed by atoms with Gasteiger partial charge in [0.05, 0.1) is 0 Å². The van der Waals surface area contributed by atoms with E-state index >= 15 is 0 Å². The summed E-state index contributed by atoms with van der Waals surface area (Å²) in [6, 6.07) is 16.9. The highest BCUT2D eigenvalue weighted by atomic mass is 16.2. The normalized spacial score (nSPS) is 15.7. The van der Waals surface area contributed by atoms with Crippen LogP contribution in [0.5, 0.6) is 0 Å². The monoisotopic (exact) mass is 386 g/mol. The van der Waals surface area contributed by atoms with Gasteiger partial charge in [-0.25, -0.2) is 0 Å². The number of carbonyl (C=O) groups excluding carboxylic acids is 2. The third-order valence-corrected chi connectivity index (χ3v) is 5.30. The Morgan fingerprint density at radius 3 is 2.34 bits per heavy atom. The number of anilines is 1. The number of aryl methyl sites for hydroxylation is 2. The molecule has 5 heteroatoms. The minimum absolute atomic E-state index is 0.0294. The highest BCUT2D eigenvalue weighted by molar-refractivity contribution is 6.06. The number of Topliss-reactive ketones (excluding diaryl/α,β-unsaturated/α-hetero) is 1. The van der Waals surface area contributed by atoms with Crippen LogP contribution in [0.3, 0.4) is 0 Å². The molecule has 5 nitrogen and oxygen atoms in total. The molecular formula is C24H22N2O3. The van der Waals surface area contributed by atoms with Gasteiger partial charge in [0.25, 0.3) is 11.5 Å². The molecule has 0 fully saturated rings. The van der Waals surface area contributed by atoms with Crippen LogP contribution >= 0.6 is 0 Å². The quantitative estimate of drug-likeness (QED) is 0.709. The van der Waals surface area contributed by atoms with E-state index in [-0.39, 0.29) is 17.3 Å². The van der Waals surface area contributed by atoms with Crippen molar-refractivity contribution in [3.05, 3.63) is 98.5 Å². The molecule has 0 unspecified atom stereocenters. The molecule has 0 saturated carbocycles. The largest absolute Gasteiger partial charge is 0.325 e. The van der Waals surface area contributed by atoms with Gasteiger partial charge in [-0.3, -0.25) is 14.4 Å². The van der Waals surface area contributed by atoms with E-state index in [1.165, 1.54) is 6.07 Å². The van der Waals surface area contributed by atoms with Crippen LogP contribution in [0.1, 0.15) is 55.4 Å². The van der Waals surface area contributed by atoms with Gasteiger partial charge in [-0.1, -0.05) is 36.4 Å². The molecule has 0 aliphatic heterocycles. The maximum absolute atomic E-state index is 12.7. The summed E-state index contributed by atoms with van der Waals surface area (Å²) >= 11 is 0. The molecule has 0 radical (unpaired) electrons. The third kappa shape index (κ3) is 3.90. The van der Waals surface area contributed by atoms with Crippen molar-refractivity contribution >= 4 is 17.4 Å². The summed E-state index contributed by atoms with van der Waals surface area (Å²) < 4.78 is 0. The van der Waals surface area contributed by atoms with Crippen molar-refractivity contribution in [3.8, 4) is 0 Å². The van der Waals surface area contributed by atoms with Crippen molar-refractivity contribution < 1.29 is 9.59 Å². The zero-order chi connectivity index (χ0) is 20.5. The van der Waals surface area contributed by atoms with Crippen molar-refractivity contribution in [2.24, 2.45) is 0 Å². The number of aromatic amines is 1. The number of aromatic nitrogens is 1. The van der Waals surface area contributed by atoms with Gasteiger partial charge in [0.15, 0.2) is 5.78 Å². The number of pyridine rings is 1. The first kappa shape index (κ1) is 18.9. The Morgan fingerprint density at radius 2 is 1.66 bits per heavy atom. The maximum Gasteiger partial charge on any atom is 0.261 e. The Labute approximate surface area is 168 Å². The molecule has 2 aromatic carbocycles.